The SMILES string of the molecule is C=C/N=N\SC(=C)C. The zero-order chi connectivity index (χ0) is 6.41. The molecule has 0 N–H and O–H groups in total. The van der Waals surface area contributed by atoms with Gasteiger partial charge in [-0.05, 0) is 11.8 Å². The van der Waals surface area contributed by atoms with Crippen molar-refractivity contribution in [1.29, 1.82) is 0 Å². The summed E-state index contributed by atoms with van der Waals surface area (Å²) in [6.07, 6.45) is 1.38. The smallest absolute Gasteiger partial charge is 0.0430 e. The van der Waals surface area contributed by atoms with E-state index >= 15 is 0 Å². The molecule has 0 aromatic rings. The van der Waals surface area contributed by atoms with E-state index in [9.17, 15) is 0 Å². The first kappa shape index (κ1) is 7.43. The fourth-order valence-electron chi connectivity index (χ4n) is 0.127. The van der Waals surface area contributed by atoms with Gasteiger partial charge in [0.05, 0.1) is 0 Å². The van der Waals surface area contributed by atoms with Crippen molar-refractivity contribution in [3.8, 4) is 0 Å². The zero-order valence-electron chi connectivity index (χ0n) is 4.79. The maximum Gasteiger partial charge on any atom is 0.0430 e. The van der Waals surface area contributed by atoms with Gasteiger partial charge in [-0.1, -0.05) is 13.2 Å². The standard InChI is InChI=1S/C5H8N2S/c1-4-6-7-8-5(2)3/h4H,1-2H2,3H3/b7-6-. The lowest BCUT2D eigenvalue weighted by Crippen LogP contribution is -1.51. The summed E-state index contributed by atoms with van der Waals surface area (Å²) in [6.45, 7) is 8.82. The van der Waals surface area contributed by atoms with Crippen LogP contribution in [0.4, 0.5) is 0 Å². The molecular weight excluding hydrogens is 120 g/mol. The summed E-state index contributed by atoms with van der Waals surface area (Å²) in [7, 11) is 0. The second-order valence-electron chi connectivity index (χ2n) is 1.17. The Morgan fingerprint density at radius 2 is 2.38 bits per heavy atom. The van der Waals surface area contributed by atoms with Gasteiger partial charge in [0.25, 0.3) is 0 Å². The van der Waals surface area contributed by atoms with Gasteiger partial charge in [-0.3, -0.25) is 0 Å². The summed E-state index contributed by atoms with van der Waals surface area (Å²) in [4.78, 5) is 0.926. The van der Waals surface area contributed by atoms with Gasteiger partial charge in [0, 0.05) is 18.1 Å². The third-order valence-electron chi connectivity index (χ3n) is 0.325. The van der Waals surface area contributed by atoms with E-state index in [0.29, 0.717) is 0 Å². The van der Waals surface area contributed by atoms with Gasteiger partial charge in [-0.15, -0.1) is 4.52 Å². The van der Waals surface area contributed by atoms with Crippen LogP contribution in [0.3, 0.4) is 0 Å². The zero-order valence-corrected chi connectivity index (χ0v) is 5.61. The molecule has 8 heavy (non-hydrogen) atoms. The molecule has 0 atom stereocenters. The Hall–Kier alpha value is -0.570. The fourth-order valence-corrected chi connectivity index (χ4v) is 0.380. The highest BCUT2D eigenvalue weighted by atomic mass is 32.2. The third-order valence-corrected chi connectivity index (χ3v) is 0.813. The highest BCUT2D eigenvalue weighted by molar-refractivity contribution is 8.01. The minimum absolute atomic E-state index is 0.926. The first-order valence-corrected chi connectivity index (χ1v) is 2.88. The van der Waals surface area contributed by atoms with Crippen molar-refractivity contribution in [2.75, 3.05) is 0 Å². The Bertz CT molecular complexity index is 118. The molecule has 0 saturated heterocycles. The molecule has 0 aliphatic carbocycles. The number of allylic oxidation sites excluding steroid dienone is 1. The highest BCUT2D eigenvalue weighted by Crippen LogP contribution is 2.12. The molecule has 0 aromatic carbocycles. The van der Waals surface area contributed by atoms with Gasteiger partial charge < -0.3 is 0 Å². The van der Waals surface area contributed by atoms with E-state index in [-0.39, 0.29) is 0 Å². The number of nitrogens with zero attached hydrogens (tertiary/aromatic N) is 2. The van der Waals surface area contributed by atoms with Gasteiger partial charge in [0.2, 0.25) is 0 Å². The van der Waals surface area contributed by atoms with Crippen molar-refractivity contribution in [3.05, 3.63) is 24.3 Å². The summed E-state index contributed by atoms with van der Waals surface area (Å²) in [5.41, 5.74) is 0. The Morgan fingerprint density at radius 1 is 1.75 bits per heavy atom. The lowest BCUT2D eigenvalue weighted by atomic mass is 10.8. The fraction of sp³-hybridized carbons (Fsp3) is 0.200. The summed E-state index contributed by atoms with van der Waals surface area (Å²) in [6, 6.07) is 0. The van der Waals surface area contributed by atoms with Crippen LogP contribution in [-0.4, -0.2) is 0 Å². The highest BCUT2D eigenvalue weighted by Gasteiger charge is 1.77. The predicted octanol–water partition coefficient (Wildman–Crippen LogP) is 2.76. The van der Waals surface area contributed by atoms with Crippen molar-refractivity contribution in [2.24, 2.45) is 9.63 Å². The minimum Gasteiger partial charge on any atom is -0.152 e. The lowest BCUT2D eigenvalue weighted by molar-refractivity contribution is 1.35. The molecule has 2 nitrogen and oxygen atoms in total. The van der Waals surface area contributed by atoms with Crippen LogP contribution in [0.25, 0.3) is 0 Å². The number of hydrogen-bond acceptors (Lipinski definition) is 3. The summed E-state index contributed by atoms with van der Waals surface area (Å²) >= 11 is 1.25. The molecule has 0 amide bonds. The maximum absolute atomic E-state index is 3.61. The molecule has 0 saturated carbocycles. The molecule has 0 unspecified atom stereocenters. The molecular formula is C5H8N2S. The molecule has 0 bridgehead atoms. The normalized spacial score (nSPS) is 9.62. The van der Waals surface area contributed by atoms with Gasteiger partial charge in [-0.2, -0.15) is 5.11 Å². The molecule has 0 aliphatic rings. The average Bonchev–Trinajstić information content (AvgIpc) is 1.66. The van der Waals surface area contributed by atoms with Crippen LogP contribution in [0.1, 0.15) is 6.92 Å². The van der Waals surface area contributed by atoms with Crippen molar-refractivity contribution in [2.45, 2.75) is 6.92 Å². The quantitative estimate of drug-likeness (QED) is 0.423. The summed E-state index contributed by atoms with van der Waals surface area (Å²) < 4.78 is 3.61. The van der Waals surface area contributed by atoms with E-state index in [4.69, 9.17) is 0 Å². The van der Waals surface area contributed by atoms with E-state index in [1.807, 2.05) is 6.92 Å². The van der Waals surface area contributed by atoms with Crippen molar-refractivity contribution >= 4 is 11.9 Å². The van der Waals surface area contributed by atoms with Crippen LogP contribution in [0.5, 0.6) is 0 Å². The van der Waals surface area contributed by atoms with Gasteiger partial charge in [-0.25, -0.2) is 0 Å². The molecule has 0 aromatic heterocycles. The number of hydrogen-bond donors (Lipinski definition) is 0. The van der Waals surface area contributed by atoms with Crippen LogP contribution in [0.2, 0.25) is 0 Å². The molecule has 0 aliphatic heterocycles. The van der Waals surface area contributed by atoms with E-state index in [1.165, 1.54) is 18.1 Å². The monoisotopic (exact) mass is 128 g/mol. The average molecular weight is 128 g/mol. The number of rotatable bonds is 3. The lowest BCUT2D eigenvalue weighted by Gasteiger charge is -1.82. The van der Waals surface area contributed by atoms with Crippen LogP contribution in [0, 0.1) is 0 Å². The second-order valence-corrected chi connectivity index (χ2v) is 2.22. The Morgan fingerprint density at radius 3 is 2.75 bits per heavy atom. The van der Waals surface area contributed by atoms with E-state index in [2.05, 4.69) is 22.8 Å². The predicted molar refractivity (Wildman–Crippen MR) is 37.5 cm³/mol. The molecule has 0 rings (SSSR count). The topological polar surface area (TPSA) is 24.7 Å². The summed E-state index contributed by atoms with van der Waals surface area (Å²) in [5, 5.41) is 3.50. The first-order valence-electron chi connectivity index (χ1n) is 2.11. The summed E-state index contributed by atoms with van der Waals surface area (Å²) in [5.74, 6) is 0. The minimum atomic E-state index is 0.926. The van der Waals surface area contributed by atoms with E-state index in [1.54, 1.807) is 0 Å². The maximum atomic E-state index is 3.61. The van der Waals surface area contributed by atoms with Gasteiger partial charge >= 0.3 is 0 Å². The molecule has 0 heterocycles. The third kappa shape index (κ3) is 5.43. The molecule has 0 radical (unpaired) electrons. The van der Waals surface area contributed by atoms with Crippen LogP contribution < -0.4 is 0 Å². The first-order chi connectivity index (χ1) is 3.77. The Labute approximate surface area is 53.5 Å². The Balaban J connectivity index is 3.29. The van der Waals surface area contributed by atoms with Crippen molar-refractivity contribution < 1.29 is 0 Å². The second kappa shape index (κ2) is 4.59. The van der Waals surface area contributed by atoms with Gasteiger partial charge in [0.15, 0.2) is 0 Å². The van der Waals surface area contributed by atoms with Crippen molar-refractivity contribution in [1.82, 2.24) is 0 Å². The Kier molecular flexibility index (Phi) is 4.26. The van der Waals surface area contributed by atoms with Crippen molar-refractivity contribution in [3.63, 3.8) is 0 Å². The van der Waals surface area contributed by atoms with E-state index < -0.39 is 0 Å². The molecule has 44 valence electrons. The largest absolute Gasteiger partial charge is 0.152 e. The molecule has 0 fully saturated rings. The van der Waals surface area contributed by atoms with Gasteiger partial charge in [0.1, 0.15) is 0 Å². The molecule has 0 spiro atoms. The van der Waals surface area contributed by atoms with Crippen LogP contribution in [0.15, 0.2) is 33.9 Å². The molecule has 3 heteroatoms. The van der Waals surface area contributed by atoms with E-state index in [0.717, 1.165) is 4.91 Å². The van der Waals surface area contributed by atoms with Crippen LogP contribution in [-0.2, 0) is 0 Å². The van der Waals surface area contributed by atoms with Crippen LogP contribution >= 0.6 is 11.9 Å².